The summed E-state index contributed by atoms with van der Waals surface area (Å²) in [6.45, 7) is 14.2. The van der Waals surface area contributed by atoms with E-state index in [9.17, 15) is 4.79 Å². The van der Waals surface area contributed by atoms with Gasteiger partial charge in [-0.3, -0.25) is 9.78 Å². The van der Waals surface area contributed by atoms with Gasteiger partial charge in [-0.05, 0) is 37.1 Å². The van der Waals surface area contributed by atoms with Gasteiger partial charge in [0.2, 0.25) is 11.9 Å². The van der Waals surface area contributed by atoms with Crippen molar-refractivity contribution < 1.29 is 4.79 Å². The number of aromatic nitrogens is 3. The number of rotatable bonds is 6. The minimum absolute atomic E-state index is 0.0180. The summed E-state index contributed by atoms with van der Waals surface area (Å²) in [6.07, 6.45) is 7.26. The highest BCUT2D eigenvalue weighted by atomic mass is 35.5. The molecule has 2 N–H and O–H groups in total. The standard InChI is InChI=1S/C24H25ClN6O.C2H6/c1-4-16(15(2)3)10-28-23-19-9-17(5-6-21(19)27-13-20(23)25)18-11-29-24(30-12-18)31-8-7-26-22(32)14-31;1-2/h4-6,9,11-13H,2,7-8,10,14H2,1,3H3,(H,26,32)(H,27,28);1-2H3/b16-4-;. The SMILES string of the molecule is C=C(C)/C(=C\C)CNc1c(Cl)cnc2ccc(-c3cnc(N4CCNC(=O)C4)nc3)cc12.CC. The molecule has 0 radical (unpaired) electrons. The van der Waals surface area contributed by atoms with E-state index < -0.39 is 0 Å². The van der Waals surface area contributed by atoms with Gasteiger partial charge < -0.3 is 15.5 Å². The third-order valence-electron chi connectivity index (χ3n) is 5.47. The van der Waals surface area contributed by atoms with E-state index in [4.69, 9.17) is 11.6 Å². The molecule has 2 aromatic heterocycles. The summed E-state index contributed by atoms with van der Waals surface area (Å²) in [5.74, 6) is 0.533. The molecule has 4 rings (SSSR count). The van der Waals surface area contributed by atoms with Crippen molar-refractivity contribution in [2.75, 3.05) is 36.4 Å². The van der Waals surface area contributed by atoms with Crippen molar-refractivity contribution in [3.05, 3.63) is 65.6 Å². The Morgan fingerprint density at radius 2 is 1.94 bits per heavy atom. The van der Waals surface area contributed by atoms with Crippen LogP contribution in [0.5, 0.6) is 0 Å². The van der Waals surface area contributed by atoms with Crippen LogP contribution < -0.4 is 15.5 Å². The highest BCUT2D eigenvalue weighted by Crippen LogP contribution is 2.33. The number of anilines is 2. The summed E-state index contributed by atoms with van der Waals surface area (Å²) in [6, 6.07) is 5.99. The number of pyridine rings is 1. The van der Waals surface area contributed by atoms with E-state index in [1.807, 2.05) is 56.9 Å². The average molecular weight is 479 g/mol. The molecule has 0 saturated carbocycles. The van der Waals surface area contributed by atoms with Crippen molar-refractivity contribution in [3.63, 3.8) is 0 Å². The molecule has 8 heteroatoms. The van der Waals surface area contributed by atoms with E-state index in [1.165, 1.54) is 0 Å². The number of nitrogens with zero attached hydrogens (tertiary/aromatic N) is 4. The molecule has 0 unspecified atom stereocenters. The van der Waals surface area contributed by atoms with Crippen LogP contribution in [0.15, 0.2) is 60.6 Å². The second kappa shape index (κ2) is 11.6. The van der Waals surface area contributed by atoms with Crippen molar-refractivity contribution in [1.82, 2.24) is 20.3 Å². The number of carbonyl (C=O) groups is 1. The number of carbonyl (C=O) groups excluding carboxylic acids is 1. The highest BCUT2D eigenvalue weighted by Gasteiger charge is 2.18. The highest BCUT2D eigenvalue weighted by molar-refractivity contribution is 6.34. The minimum Gasteiger partial charge on any atom is -0.379 e. The lowest BCUT2D eigenvalue weighted by molar-refractivity contribution is -0.120. The zero-order chi connectivity index (χ0) is 24.7. The van der Waals surface area contributed by atoms with Crippen LogP contribution in [0.4, 0.5) is 11.6 Å². The summed E-state index contributed by atoms with van der Waals surface area (Å²) < 4.78 is 0. The van der Waals surface area contributed by atoms with Gasteiger partial charge >= 0.3 is 0 Å². The summed E-state index contributed by atoms with van der Waals surface area (Å²) in [7, 11) is 0. The van der Waals surface area contributed by atoms with Gasteiger partial charge in [-0.25, -0.2) is 9.97 Å². The summed E-state index contributed by atoms with van der Waals surface area (Å²) in [5.41, 5.74) is 5.64. The van der Waals surface area contributed by atoms with Gasteiger partial charge in [0, 0.05) is 49.2 Å². The number of benzene rings is 1. The van der Waals surface area contributed by atoms with Crippen molar-refractivity contribution in [1.29, 1.82) is 0 Å². The Bertz CT molecular complexity index is 1210. The maximum Gasteiger partial charge on any atom is 0.239 e. The fourth-order valence-corrected chi connectivity index (χ4v) is 3.87. The molecule has 0 spiro atoms. The first-order chi connectivity index (χ1) is 16.5. The second-order valence-corrected chi connectivity index (χ2v) is 8.11. The van der Waals surface area contributed by atoms with Crippen molar-refractivity contribution >= 4 is 40.0 Å². The number of allylic oxidation sites excluding steroid dienone is 1. The largest absolute Gasteiger partial charge is 0.379 e. The van der Waals surface area contributed by atoms with Crippen LogP contribution in [0.25, 0.3) is 22.0 Å². The smallest absolute Gasteiger partial charge is 0.239 e. The van der Waals surface area contributed by atoms with Gasteiger partial charge in [0.05, 0.1) is 22.8 Å². The zero-order valence-electron chi connectivity index (χ0n) is 20.2. The Morgan fingerprint density at radius 1 is 1.21 bits per heavy atom. The molecule has 0 bridgehead atoms. The number of hydrogen-bond acceptors (Lipinski definition) is 6. The van der Waals surface area contributed by atoms with Crippen LogP contribution in [-0.2, 0) is 4.79 Å². The third-order valence-corrected chi connectivity index (χ3v) is 5.75. The number of hydrogen-bond donors (Lipinski definition) is 2. The predicted octanol–water partition coefficient (Wildman–Crippen LogP) is 5.24. The Balaban J connectivity index is 0.00000158. The Morgan fingerprint density at radius 3 is 2.59 bits per heavy atom. The maximum atomic E-state index is 11.6. The molecule has 178 valence electrons. The minimum atomic E-state index is -0.0180. The summed E-state index contributed by atoms with van der Waals surface area (Å²) >= 11 is 6.50. The number of fused-ring (bicyclic) bond motifs is 1. The number of piperazine rings is 1. The summed E-state index contributed by atoms with van der Waals surface area (Å²) in [5, 5.41) is 7.73. The van der Waals surface area contributed by atoms with Crippen molar-refractivity contribution in [2.45, 2.75) is 27.7 Å². The fraction of sp³-hybridized carbons (Fsp3) is 0.308. The van der Waals surface area contributed by atoms with Crippen LogP contribution in [-0.4, -0.2) is 47.0 Å². The molecule has 1 aromatic carbocycles. The molecule has 1 aliphatic rings. The van der Waals surface area contributed by atoms with Gasteiger partial charge in [0.1, 0.15) is 0 Å². The Labute approximate surface area is 206 Å². The van der Waals surface area contributed by atoms with E-state index in [2.05, 4.69) is 32.2 Å². The van der Waals surface area contributed by atoms with Crippen LogP contribution in [0, 0.1) is 0 Å². The lowest BCUT2D eigenvalue weighted by Gasteiger charge is -2.26. The summed E-state index contributed by atoms with van der Waals surface area (Å²) in [4.78, 5) is 26.9. The molecule has 7 nitrogen and oxygen atoms in total. The maximum absolute atomic E-state index is 11.6. The van der Waals surface area contributed by atoms with Crippen molar-refractivity contribution in [2.24, 2.45) is 0 Å². The molecular formula is C26H31ClN6O. The molecule has 0 aliphatic carbocycles. The van der Waals surface area contributed by atoms with Crippen LogP contribution >= 0.6 is 11.6 Å². The first-order valence-electron chi connectivity index (χ1n) is 11.4. The van der Waals surface area contributed by atoms with Gasteiger partial charge in [-0.15, -0.1) is 0 Å². The predicted molar refractivity (Wildman–Crippen MR) is 141 cm³/mol. The van der Waals surface area contributed by atoms with Crippen LogP contribution in [0.3, 0.4) is 0 Å². The van der Waals surface area contributed by atoms with Gasteiger partial charge in [-0.2, -0.15) is 0 Å². The topological polar surface area (TPSA) is 83.0 Å². The molecule has 0 atom stereocenters. The molecule has 3 heterocycles. The van der Waals surface area contributed by atoms with Crippen LogP contribution in [0.2, 0.25) is 5.02 Å². The number of halogens is 1. The van der Waals surface area contributed by atoms with E-state index >= 15 is 0 Å². The first kappa shape index (κ1) is 25.2. The monoisotopic (exact) mass is 478 g/mol. The Kier molecular flexibility index (Phi) is 8.60. The molecular weight excluding hydrogens is 448 g/mol. The van der Waals surface area contributed by atoms with Gasteiger partial charge in [0.15, 0.2) is 0 Å². The van der Waals surface area contributed by atoms with Crippen molar-refractivity contribution in [3.8, 4) is 11.1 Å². The Hall–Kier alpha value is -3.45. The van der Waals surface area contributed by atoms with Gasteiger partial charge in [-0.1, -0.05) is 49.7 Å². The quantitative estimate of drug-likeness (QED) is 0.471. The average Bonchev–Trinajstić information content (AvgIpc) is 2.86. The molecule has 1 amide bonds. The molecule has 1 aliphatic heterocycles. The first-order valence-corrected chi connectivity index (χ1v) is 11.8. The third kappa shape index (κ3) is 5.72. The molecule has 1 fully saturated rings. The van der Waals surface area contributed by atoms with Gasteiger partial charge in [0.25, 0.3) is 0 Å². The fourth-order valence-electron chi connectivity index (χ4n) is 3.65. The van der Waals surface area contributed by atoms with Crippen LogP contribution in [0.1, 0.15) is 27.7 Å². The number of amides is 1. The molecule has 1 saturated heterocycles. The number of nitrogens with one attached hydrogen (secondary N) is 2. The van der Waals surface area contributed by atoms with E-state index in [1.54, 1.807) is 18.6 Å². The normalized spacial score (nSPS) is 13.7. The zero-order valence-corrected chi connectivity index (χ0v) is 20.9. The lowest BCUT2D eigenvalue weighted by atomic mass is 10.0. The second-order valence-electron chi connectivity index (χ2n) is 7.70. The van der Waals surface area contributed by atoms with E-state index in [0.29, 0.717) is 30.6 Å². The van der Waals surface area contributed by atoms with E-state index in [-0.39, 0.29) is 12.5 Å². The van der Waals surface area contributed by atoms with E-state index in [0.717, 1.165) is 38.9 Å². The molecule has 3 aromatic rings. The molecule has 34 heavy (non-hydrogen) atoms. The lowest BCUT2D eigenvalue weighted by Crippen LogP contribution is -2.48.